The van der Waals surface area contributed by atoms with Gasteiger partial charge in [-0.25, -0.2) is 14.5 Å². The Labute approximate surface area is 170 Å². The SMILES string of the molecule is C[C@H](CC(=O)OCc1ccccc1)C(=O)N1C(=O)N(C)C[C@H]1C(=O)OC(C)(C)C. The molecule has 0 radical (unpaired) electrons. The highest BCUT2D eigenvalue weighted by molar-refractivity contribution is 6.02. The minimum absolute atomic E-state index is 0.0463. The van der Waals surface area contributed by atoms with Crippen LogP contribution in [0.5, 0.6) is 0 Å². The zero-order valence-electron chi connectivity index (χ0n) is 17.5. The normalized spacial score (nSPS) is 17.8. The first-order chi connectivity index (χ1) is 13.5. The van der Waals surface area contributed by atoms with Gasteiger partial charge in [0.15, 0.2) is 6.04 Å². The molecule has 1 fully saturated rings. The molecule has 2 rings (SSSR count). The van der Waals surface area contributed by atoms with Crippen molar-refractivity contribution >= 4 is 23.9 Å². The first kappa shape index (κ1) is 22.4. The molecule has 0 aromatic heterocycles. The third-order valence-electron chi connectivity index (χ3n) is 4.34. The smallest absolute Gasteiger partial charge is 0.331 e. The molecule has 1 aromatic carbocycles. The molecule has 0 unspecified atom stereocenters. The van der Waals surface area contributed by atoms with Gasteiger partial charge in [0.1, 0.15) is 12.2 Å². The molecule has 2 atom stereocenters. The molecule has 1 aromatic rings. The number of esters is 2. The van der Waals surface area contributed by atoms with Gasteiger partial charge in [0.25, 0.3) is 0 Å². The number of likely N-dealkylation sites (N-methyl/N-ethyl adjacent to an activating group) is 1. The lowest BCUT2D eigenvalue weighted by Gasteiger charge is -2.26. The summed E-state index contributed by atoms with van der Waals surface area (Å²) in [6, 6.07) is 7.55. The second kappa shape index (κ2) is 9.07. The molecule has 0 bridgehead atoms. The van der Waals surface area contributed by atoms with Crippen molar-refractivity contribution < 1.29 is 28.7 Å². The number of carbonyl (C=O) groups is 4. The van der Waals surface area contributed by atoms with Crippen molar-refractivity contribution in [2.75, 3.05) is 13.6 Å². The van der Waals surface area contributed by atoms with Gasteiger partial charge in [-0.15, -0.1) is 0 Å². The maximum atomic E-state index is 12.9. The average Bonchev–Trinajstić information content (AvgIpc) is 2.94. The number of nitrogens with zero attached hydrogens (tertiary/aromatic N) is 2. The summed E-state index contributed by atoms with van der Waals surface area (Å²) in [4.78, 5) is 52.1. The van der Waals surface area contributed by atoms with Crippen LogP contribution in [0.2, 0.25) is 0 Å². The molecule has 3 amide bonds. The lowest BCUT2D eigenvalue weighted by atomic mass is 10.1. The molecule has 1 heterocycles. The zero-order chi connectivity index (χ0) is 21.8. The van der Waals surface area contributed by atoms with Gasteiger partial charge >= 0.3 is 18.0 Å². The second-order valence-corrected chi connectivity index (χ2v) is 8.17. The molecule has 0 saturated carbocycles. The standard InChI is InChI=1S/C21H28N2O6/c1-14(11-17(24)28-13-15-9-7-6-8-10-15)18(25)23-16(12-22(5)20(23)27)19(26)29-21(2,3)4/h6-10,14,16H,11-13H2,1-5H3/t14-,16+/m1/s1. The summed E-state index contributed by atoms with van der Waals surface area (Å²) in [6.07, 6.45) is -0.194. The van der Waals surface area contributed by atoms with Crippen LogP contribution in [0.15, 0.2) is 30.3 Å². The Morgan fingerprint density at radius 2 is 1.79 bits per heavy atom. The third-order valence-corrected chi connectivity index (χ3v) is 4.34. The van der Waals surface area contributed by atoms with Crippen molar-refractivity contribution in [3.8, 4) is 0 Å². The van der Waals surface area contributed by atoms with Crippen molar-refractivity contribution in [3.05, 3.63) is 35.9 Å². The maximum Gasteiger partial charge on any atom is 0.331 e. The fraction of sp³-hybridized carbons (Fsp3) is 0.524. The minimum Gasteiger partial charge on any atom is -0.461 e. The number of urea groups is 1. The number of imide groups is 1. The number of hydrogen-bond donors (Lipinski definition) is 0. The van der Waals surface area contributed by atoms with Gasteiger partial charge in [0.05, 0.1) is 13.0 Å². The first-order valence-electron chi connectivity index (χ1n) is 9.50. The quantitative estimate of drug-likeness (QED) is 0.676. The number of carbonyl (C=O) groups excluding carboxylic acids is 4. The molecule has 0 N–H and O–H groups in total. The number of hydrogen-bond acceptors (Lipinski definition) is 6. The van der Waals surface area contributed by atoms with Crippen LogP contribution in [0.4, 0.5) is 4.79 Å². The summed E-state index contributed by atoms with van der Waals surface area (Å²) < 4.78 is 10.5. The predicted octanol–water partition coefficient (Wildman–Crippen LogP) is 2.36. The average molecular weight is 404 g/mol. The molecular formula is C21H28N2O6. The number of benzene rings is 1. The lowest BCUT2D eigenvalue weighted by molar-refractivity contribution is -0.162. The first-order valence-corrected chi connectivity index (χ1v) is 9.50. The van der Waals surface area contributed by atoms with E-state index in [1.165, 1.54) is 18.9 Å². The number of ether oxygens (including phenoxy) is 2. The molecule has 8 heteroatoms. The fourth-order valence-corrected chi connectivity index (χ4v) is 2.91. The van der Waals surface area contributed by atoms with E-state index in [-0.39, 0.29) is 19.6 Å². The van der Waals surface area contributed by atoms with Gasteiger partial charge in [-0.3, -0.25) is 9.59 Å². The van der Waals surface area contributed by atoms with E-state index >= 15 is 0 Å². The van der Waals surface area contributed by atoms with E-state index in [4.69, 9.17) is 9.47 Å². The monoisotopic (exact) mass is 404 g/mol. The van der Waals surface area contributed by atoms with E-state index in [1.54, 1.807) is 20.8 Å². The Hall–Kier alpha value is -2.90. The van der Waals surface area contributed by atoms with Crippen LogP contribution in [-0.2, 0) is 30.5 Å². The van der Waals surface area contributed by atoms with Crippen LogP contribution in [0.3, 0.4) is 0 Å². The van der Waals surface area contributed by atoms with E-state index in [0.717, 1.165) is 10.5 Å². The van der Waals surface area contributed by atoms with Crippen molar-refractivity contribution in [2.24, 2.45) is 5.92 Å². The van der Waals surface area contributed by atoms with Crippen molar-refractivity contribution in [3.63, 3.8) is 0 Å². The highest BCUT2D eigenvalue weighted by Gasteiger charge is 2.46. The van der Waals surface area contributed by atoms with E-state index in [1.807, 2.05) is 30.3 Å². The Balaban J connectivity index is 2.00. The molecule has 8 nitrogen and oxygen atoms in total. The summed E-state index contributed by atoms with van der Waals surface area (Å²) >= 11 is 0. The van der Waals surface area contributed by atoms with Gasteiger partial charge < -0.3 is 14.4 Å². The molecule has 1 aliphatic rings. The van der Waals surface area contributed by atoms with Crippen LogP contribution in [-0.4, -0.2) is 58.9 Å². The zero-order valence-corrected chi connectivity index (χ0v) is 17.5. The van der Waals surface area contributed by atoms with Gasteiger partial charge in [-0.1, -0.05) is 37.3 Å². The van der Waals surface area contributed by atoms with Crippen LogP contribution < -0.4 is 0 Å². The summed E-state index contributed by atoms with van der Waals surface area (Å²) in [5.41, 5.74) is 0.0873. The lowest BCUT2D eigenvalue weighted by Crippen LogP contribution is -2.48. The number of rotatable bonds is 6. The van der Waals surface area contributed by atoms with Crippen LogP contribution in [0.1, 0.15) is 39.7 Å². The van der Waals surface area contributed by atoms with E-state index < -0.39 is 41.4 Å². The van der Waals surface area contributed by atoms with Crippen LogP contribution in [0, 0.1) is 5.92 Å². The van der Waals surface area contributed by atoms with Gasteiger partial charge in [-0.2, -0.15) is 0 Å². The van der Waals surface area contributed by atoms with Crippen LogP contribution >= 0.6 is 0 Å². The Morgan fingerprint density at radius 3 is 2.38 bits per heavy atom. The largest absolute Gasteiger partial charge is 0.461 e. The van der Waals surface area contributed by atoms with E-state index in [9.17, 15) is 19.2 Å². The fourth-order valence-electron chi connectivity index (χ4n) is 2.91. The molecular weight excluding hydrogens is 376 g/mol. The van der Waals surface area contributed by atoms with Crippen LogP contribution in [0.25, 0.3) is 0 Å². The Kier molecular flexibility index (Phi) is 7.00. The summed E-state index contributed by atoms with van der Waals surface area (Å²) in [5.74, 6) is -2.63. The molecule has 1 aliphatic heterocycles. The molecule has 0 aliphatic carbocycles. The summed E-state index contributed by atoms with van der Waals surface area (Å²) in [5, 5.41) is 0. The highest BCUT2D eigenvalue weighted by atomic mass is 16.6. The Bertz CT molecular complexity index is 771. The molecule has 158 valence electrons. The minimum atomic E-state index is -1.04. The topological polar surface area (TPSA) is 93.2 Å². The Morgan fingerprint density at radius 1 is 1.17 bits per heavy atom. The van der Waals surface area contributed by atoms with Gasteiger partial charge in [0.2, 0.25) is 5.91 Å². The van der Waals surface area contributed by atoms with Crippen molar-refractivity contribution in [1.29, 1.82) is 0 Å². The molecule has 1 saturated heterocycles. The highest BCUT2D eigenvalue weighted by Crippen LogP contribution is 2.22. The second-order valence-electron chi connectivity index (χ2n) is 8.17. The summed E-state index contributed by atoms with van der Waals surface area (Å²) in [7, 11) is 1.51. The van der Waals surface area contributed by atoms with Crippen molar-refractivity contribution in [2.45, 2.75) is 52.4 Å². The van der Waals surface area contributed by atoms with E-state index in [2.05, 4.69) is 0 Å². The molecule has 0 spiro atoms. The number of amides is 3. The van der Waals surface area contributed by atoms with Gasteiger partial charge in [-0.05, 0) is 26.3 Å². The van der Waals surface area contributed by atoms with Crippen molar-refractivity contribution in [1.82, 2.24) is 9.80 Å². The molecule has 29 heavy (non-hydrogen) atoms. The summed E-state index contributed by atoms with van der Waals surface area (Å²) in [6.45, 7) is 6.82. The predicted molar refractivity (Wildman–Crippen MR) is 105 cm³/mol. The third kappa shape index (κ3) is 6.04. The van der Waals surface area contributed by atoms with E-state index in [0.29, 0.717) is 0 Å². The maximum absolute atomic E-state index is 12.9. The van der Waals surface area contributed by atoms with Gasteiger partial charge in [0, 0.05) is 13.0 Å².